The molecule has 0 aliphatic rings. The Hall–Kier alpha value is -3.59. The molecule has 160 valence electrons. The normalized spacial score (nSPS) is 12.1. The van der Waals surface area contributed by atoms with Crippen LogP contribution in [-0.2, 0) is 20.2 Å². The number of aromatic nitrogens is 4. The zero-order valence-corrected chi connectivity index (χ0v) is 17.0. The second-order valence-corrected chi connectivity index (χ2v) is 9.09. The van der Waals surface area contributed by atoms with Crippen LogP contribution in [0.5, 0.6) is 0 Å². The van der Waals surface area contributed by atoms with E-state index in [-0.39, 0.29) is 15.7 Å². The summed E-state index contributed by atoms with van der Waals surface area (Å²) in [6.45, 7) is 0. The summed E-state index contributed by atoms with van der Waals surface area (Å²) in [5, 5.41) is 5.93. The molecule has 12 nitrogen and oxygen atoms in total. The minimum atomic E-state index is -4.30. The predicted molar refractivity (Wildman–Crippen MR) is 111 cm³/mol. The number of anilines is 4. The largest absolute Gasteiger partial charge is 0.340 e. The molecule has 0 unspecified atom stereocenters. The van der Waals surface area contributed by atoms with Crippen molar-refractivity contribution in [3.05, 3.63) is 54.9 Å². The molecule has 4 rings (SSSR count). The van der Waals surface area contributed by atoms with Gasteiger partial charge in [-0.25, -0.2) is 4.98 Å². The lowest BCUT2D eigenvalue weighted by Crippen LogP contribution is -2.03. The fourth-order valence-electron chi connectivity index (χ4n) is 2.67. The molecule has 2 aromatic carbocycles. The highest BCUT2D eigenvalue weighted by Gasteiger charge is 2.13. The van der Waals surface area contributed by atoms with Crippen molar-refractivity contribution in [1.82, 2.24) is 19.9 Å². The van der Waals surface area contributed by atoms with E-state index in [9.17, 15) is 16.8 Å². The lowest BCUT2D eigenvalue weighted by atomic mass is 10.3. The Bertz CT molecular complexity index is 1470. The SMILES string of the molecule is O=S(=O)(O)c1ccc(Nc2nc(Nc3ccc(S(=O)(=O)O)cc3)c3[nH]cnc3n2)cc1. The van der Waals surface area contributed by atoms with Gasteiger partial charge in [0.1, 0.15) is 5.52 Å². The van der Waals surface area contributed by atoms with Crippen molar-refractivity contribution in [1.29, 1.82) is 0 Å². The number of fused-ring (bicyclic) bond motifs is 1. The Morgan fingerprint density at radius 2 is 1.26 bits per heavy atom. The zero-order valence-electron chi connectivity index (χ0n) is 15.4. The number of nitrogens with one attached hydrogen (secondary N) is 3. The highest BCUT2D eigenvalue weighted by Crippen LogP contribution is 2.25. The molecule has 0 saturated heterocycles. The van der Waals surface area contributed by atoms with Crippen LogP contribution < -0.4 is 10.6 Å². The highest BCUT2D eigenvalue weighted by molar-refractivity contribution is 7.86. The molecule has 0 aliphatic heterocycles. The van der Waals surface area contributed by atoms with Gasteiger partial charge in [0, 0.05) is 11.4 Å². The molecule has 0 aliphatic carbocycles. The van der Waals surface area contributed by atoms with Crippen LogP contribution in [0.3, 0.4) is 0 Å². The van der Waals surface area contributed by atoms with Gasteiger partial charge < -0.3 is 15.6 Å². The average Bonchev–Trinajstić information content (AvgIpc) is 3.16. The smallest absolute Gasteiger partial charge is 0.294 e. The molecule has 0 bridgehead atoms. The van der Waals surface area contributed by atoms with Gasteiger partial charge >= 0.3 is 0 Å². The quantitative estimate of drug-likeness (QED) is 0.265. The number of H-pyrrole nitrogens is 1. The number of aromatic amines is 1. The number of hydrogen-bond donors (Lipinski definition) is 5. The molecular weight excluding hydrogens is 448 g/mol. The van der Waals surface area contributed by atoms with E-state index < -0.39 is 20.2 Å². The predicted octanol–water partition coefficient (Wildman–Crippen LogP) is 2.33. The molecule has 14 heteroatoms. The number of rotatable bonds is 6. The molecule has 2 aromatic heterocycles. The van der Waals surface area contributed by atoms with Crippen LogP contribution in [0, 0.1) is 0 Å². The van der Waals surface area contributed by atoms with E-state index in [0.29, 0.717) is 28.4 Å². The summed E-state index contributed by atoms with van der Waals surface area (Å²) in [5.74, 6) is 0.482. The Morgan fingerprint density at radius 1 is 0.742 bits per heavy atom. The average molecular weight is 462 g/mol. The van der Waals surface area contributed by atoms with Crippen molar-refractivity contribution >= 4 is 54.5 Å². The van der Waals surface area contributed by atoms with Crippen molar-refractivity contribution in [3.63, 3.8) is 0 Å². The van der Waals surface area contributed by atoms with Crippen molar-refractivity contribution in [2.24, 2.45) is 0 Å². The lowest BCUT2D eigenvalue weighted by Gasteiger charge is -2.10. The second-order valence-electron chi connectivity index (χ2n) is 6.25. The molecule has 0 spiro atoms. The molecule has 0 radical (unpaired) electrons. The van der Waals surface area contributed by atoms with Crippen LogP contribution in [0.15, 0.2) is 64.6 Å². The van der Waals surface area contributed by atoms with Gasteiger partial charge in [0.05, 0.1) is 16.1 Å². The monoisotopic (exact) mass is 462 g/mol. The number of nitrogens with zero attached hydrogens (tertiary/aromatic N) is 3. The van der Waals surface area contributed by atoms with Crippen molar-refractivity contribution in [2.45, 2.75) is 9.79 Å². The van der Waals surface area contributed by atoms with Gasteiger partial charge in [-0.1, -0.05) is 0 Å². The van der Waals surface area contributed by atoms with Crippen molar-refractivity contribution < 1.29 is 25.9 Å². The number of benzene rings is 2. The molecular formula is C17H14N6O6S2. The van der Waals surface area contributed by atoms with Crippen LogP contribution in [0.25, 0.3) is 11.2 Å². The summed E-state index contributed by atoms with van der Waals surface area (Å²) in [4.78, 5) is 15.1. The maximum Gasteiger partial charge on any atom is 0.294 e. The van der Waals surface area contributed by atoms with E-state index >= 15 is 0 Å². The summed E-state index contributed by atoms with van der Waals surface area (Å²) in [6.07, 6.45) is 1.43. The Labute approximate surface area is 175 Å². The first-order valence-corrected chi connectivity index (χ1v) is 11.4. The molecule has 2 heterocycles. The van der Waals surface area contributed by atoms with E-state index in [1.54, 1.807) is 0 Å². The molecule has 0 amide bonds. The Balaban J connectivity index is 1.63. The Kier molecular flexibility index (Phi) is 5.06. The maximum absolute atomic E-state index is 11.2. The highest BCUT2D eigenvalue weighted by atomic mass is 32.2. The van der Waals surface area contributed by atoms with Gasteiger partial charge in [0.25, 0.3) is 20.2 Å². The molecule has 0 saturated carbocycles. The first kappa shape index (κ1) is 20.7. The first-order valence-electron chi connectivity index (χ1n) is 8.50. The first-order chi connectivity index (χ1) is 14.6. The van der Waals surface area contributed by atoms with Gasteiger partial charge in [0.2, 0.25) is 5.95 Å². The van der Waals surface area contributed by atoms with Crippen LogP contribution >= 0.6 is 0 Å². The molecule has 5 N–H and O–H groups in total. The summed E-state index contributed by atoms with van der Waals surface area (Å²) < 4.78 is 62.8. The molecule has 4 aromatic rings. The number of hydrogen-bond acceptors (Lipinski definition) is 9. The third-order valence-corrected chi connectivity index (χ3v) is 5.84. The van der Waals surface area contributed by atoms with Crippen LogP contribution in [0.2, 0.25) is 0 Å². The topological polar surface area (TPSA) is 187 Å². The lowest BCUT2D eigenvalue weighted by molar-refractivity contribution is 0.481. The number of imidazole rings is 1. The fraction of sp³-hybridized carbons (Fsp3) is 0. The summed E-state index contributed by atoms with van der Waals surface area (Å²) in [5.41, 5.74) is 1.78. The van der Waals surface area contributed by atoms with E-state index in [0.717, 1.165) is 0 Å². The van der Waals surface area contributed by atoms with Crippen molar-refractivity contribution in [3.8, 4) is 0 Å². The van der Waals surface area contributed by atoms with E-state index in [1.807, 2.05) is 0 Å². The summed E-state index contributed by atoms with van der Waals surface area (Å²) in [6, 6.07) is 10.7. The minimum absolute atomic E-state index is 0.149. The zero-order chi connectivity index (χ0) is 22.2. The maximum atomic E-state index is 11.2. The van der Waals surface area contributed by atoms with Crippen molar-refractivity contribution in [2.75, 3.05) is 10.6 Å². The van der Waals surface area contributed by atoms with Gasteiger partial charge in [-0.15, -0.1) is 0 Å². The van der Waals surface area contributed by atoms with Gasteiger partial charge in [0.15, 0.2) is 11.5 Å². The summed E-state index contributed by atoms with van der Waals surface area (Å²) in [7, 11) is -8.61. The third kappa shape index (κ3) is 4.61. The molecule has 31 heavy (non-hydrogen) atoms. The van der Waals surface area contributed by atoms with Crippen LogP contribution in [0.1, 0.15) is 0 Å². The van der Waals surface area contributed by atoms with E-state index in [1.165, 1.54) is 54.9 Å². The molecule has 0 fully saturated rings. The summed E-state index contributed by atoms with van der Waals surface area (Å²) >= 11 is 0. The molecule has 0 atom stereocenters. The minimum Gasteiger partial charge on any atom is -0.340 e. The van der Waals surface area contributed by atoms with Gasteiger partial charge in [-0.05, 0) is 48.5 Å². The third-order valence-electron chi connectivity index (χ3n) is 4.11. The van der Waals surface area contributed by atoms with E-state index in [2.05, 4.69) is 30.6 Å². The van der Waals surface area contributed by atoms with Crippen LogP contribution in [0.4, 0.5) is 23.1 Å². The van der Waals surface area contributed by atoms with Gasteiger partial charge in [-0.2, -0.15) is 26.8 Å². The standard InChI is InChI=1S/C17H14N6O6S2/c24-30(25,26)12-5-1-10(2-6-12)20-16-14-15(19-9-18-14)22-17(23-16)21-11-3-7-13(8-4-11)31(27,28)29/h1-9H,(H,24,25,26)(H,27,28,29)(H3,18,19,20,21,22,23). The second kappa shape index (κ2) is 7.59. The van der Waals surface area contributed by atoms with Crippen LogP contribution in [-0.4, -0.2) is 45.9 Å². The fourth-order valence-corrected chi connectivity index (χ4v) is 3.63. The van der Waals surface area contributed by atoms with E-state index in [4.69, 9.17) is 9.11 Å². The van der Waals surface area contributed by atoms with Gasteiger partial charge in [-0.3, -0.25) is 9.11 Å². The Morgan fingerprint density at radius 3 is 1.77 bits per heavy atom.